The van der Waals surface area contributed by atoms with Crippen LogP contribution in [0.15, 0.2) is 35.4 Å². The van der Waals surface area contributed by atoms with Gasteiger partial charge in [0.15, 0.2) is 17.4 Å². The number of H-pyrrole nitrogens is 1. The minimum Gasteiger partial charge on any atom is -0.425 e. The van der Waals surface area contributed by atoms with Gasteiger partial charge in [-0.25, -0.2) is 17.2 Å². The number of benzene rings is 2. The van der Waals surface area contributed by atoms with Gasteiger partial charge in [0.05, 0.1) is 0 Å². The molecule has 1 aliphatic rings. The number of hydrogen-bond acceptors (Lipinski definition) is 4. The number of aromatic amines is 1. The fraction of sp³-hybridized carbons (Fsp3) is 0.0667. The number of anilines is 1. The van der Waals surface area contributed by atoms with Crippen LogP contribution in [-0.2, 0) is 10.0 Å². The van der Waals surface area contributed by atoms with Gasteiger partial charge in [-0.1, -0.05) is 11.6 Å². The van der Waals surface area contributed by atoms with E-state index >= 15 is 0 Å². The van der Waals surface area contributed by atoms with Crippen molar-refractivity contribution in [1.29, 1.82) is 0 Å². The fourth-order valence-corrected chi connectivity index (χ4v) is 3.99. The Morgan fingerprint density at radius 2 is 1.96 bits per heavy atom. The predicted molar refractivity (Wildman–Crippen MR) is 86.6 cm³/mol. The van der Waals surface area contributed by atoms with E-state index in [0.717, 1.165) is 6.20 Å². The summed E-state index contributed by atoms with van der Waals surface area (Å²) in [6.45, 7) is -2.30. The number of alkyl halides is 1. The maximum atomic E-state index is 14.4. The average Bonchev–Trinajstić information content (AvgIpc) is 3.14. The summed E-state index contributed by atoms with van der Waals surface area (Å²) in [5.74, 6) is -3.93. The van der Waals surface area contributed by atoms with Crippen molar-refractivity contribution in [3.05, 3.63) is 47.1 Å². The first kappa shape index (κ1) is 16.9. The fourth-order valence-electron chi connectivity index (χ4n) is 2.57. The van der Waals surface area contributed by atoms with E-state index in [-0.39, 0.29) is 10.3 Å². The summed E-state index contributed by atoms with van der Waals surface area (Å²) in [5.41, 5.74) is -0.588. The highest BCUT2D eigenvalue weighted by atomic mass is 35.5. The van der Waals surface area contributed by atoms with Gasteiger partial charge in [-0.15, -0.1) is 0 Å². The zero-order chi connectivity index (χ0) is 18.6. The van der Waals surface area contributed by atoms with E-state index in [1.165, 1.54) is 18.2 Å². The first-order valence-corrected chi connectivity index (χ1v) is 8.91. The maximum Gasteiger partial charge on any atom is 0.397 e. The molecule has 136 valence electrons. The lowest BCUT2D eigenvalue weighted by molar-refractivity contribution is -0.0663. The molecule has 2 heterocycles. The Hall–Kier alpha value is -2.59. The van der Waals surface area contributed by atoms with Crippen LogP contribution in [0.1, 0.15) is 0 Å². The summed E-state index contributed by atoms with van der Waals surface area (Å²) in [6.07, 6.45) is 1.16. The van der Waals surface area contributed by atoms with E-state index < -0.39 is 45.4 Å². The molecule has 0 radical (unpaired) electrons. The third-order valence-electron chi connectivity index (χ3n) is 3.70. The second-order valence-electron chi connectivity index (χ2n) is 5.33. The molecule has 1 aliphatic heterocycles. The summed E-state index contributed by atoms with van der Waals surface area (Å²) >= 11 is 5.84. The van der Waals surface area contributed by atoms with Crippen LogP contribution < -0.4 is 14.2 Å². The number of nitrogens with one attached hydrogen (secondary N) is 2. The highest BCUT2D eigenvalue weighted by Gasteiger charge is 2.33. The highest BCUT2D eigenvalue weighted by molar-refractivity contribution is 7.93. The van der Waals surface area contributed by atoms with Crippen molar-refractivity contribution >= 4 is 38.2 Å². The number of ether oxygens (including phenoxy) is 2. The molecule has 0 amide bonds. The molecule has 0 bridgehead atoms. The van der Waals surface area contributed by atoms with Crippen LogP contribution in [0.2, 0.25) is 5.02 Å². The Balaban J connectivity index is 1.78. The standard InChI is InChI=1S/C15H8ClF3N2O4S/c16-6-1-2-7-9(3-6)20-5-11(7)26(22,23)21-13-8(17)4-10-14(12(13)18)25-15(19)24-10/h1-5,15,20-21H. The Bertz CT molecular complexity index is 1150. The third-order valence-corrected chi connectivity index (χ3v) is 5.33. The molecule has 0 spiro atoms. The maximum absolute atomic E-state index is 14.4. The quantitative estimate of drug-likeness (QED) is 0.693. The second-order valence-corrected chi connectivity index (χ2v) is 7.42. The number of halogens is 4. The smallest absolute Gasteiger partial charge is 0.397 e. The summed E-state index contributed by atoms with van der Waals surface area (Å²) in [5, 5.41) is 0.650. The van der Waals surface area contributed by atoms with Gasteiger partial charge in [0.2, 0.25) is 5.75 Å². The number of rotatable bonds is 3. The lowest BCUT2D eigenvalue weighted by Crippen LogP contribution is -2.15. The number of hydrogen-bond donors (Lipinski definition) is 2. The summed E-state index contributed by atoms with van der Waals surface area (Å²) in [4.78, 5) is 2.47. The molecule has 26 heavy (non-hydrogen) atoms. The minimum atomic E-state index is -4.38. The van der Waals surface area contributed by atoms with Gasteiger partial charge in [0.1, 0.15) is 10.6 Å². The van der Waals surface area contributed by atoms with Crippen LogP contribution in [-0.4, -0.2) is 19.9 Å². The van der Waals surface area contributed by atoms with Gasteiger partial charge < -0.3 is 14.5 Å². The molecule has 1 atom stereocenters. The average molecular weight is 405 g/mol. The molecule has 2 N–H and O–H groups in total. The van der Waals surface area contributed by atoms with Crippen LogP contribution in [0.25, 0.3) is 10.9 Å². The number of sulfonamides is 1. The summed E-state index contributed by atoms with van der Waals surface area (Å²) in [6, 6.07) is 5.05. The van der Waals surface area contributed by atoms with Gasteiger partial charge in [-0.3, -0.25) is 4.72 Å². The largest absolute Gasteiger partial charge is 0.425 e. The lowest BCUT2D eigenvalue weighted by atomic mass is 10.2. The van der Waals surface area contributed by atoms with E-state index in [1.54, 1.807) is 0 Å². The van der Waals surface area contributed by atoms with Crippen LogP contribution in [0.4, 0.5) is 18.9 Å². The minimum absolute atomic E-state index is 0.246. The molecule has 2 aromatic carbocycles. The van der Waals surface area contributed by atoms with Crippen LogP contribution in [0.5, 0.6) is 11.5 Å². The third kappa shape index (κ3) is 2.61. The van der Waals surface area contributed by atoms with Crippen molar-refractivity contribution < 1.29 is 31.1 Å². The number of aromatic nitrogens is 1. The molecule has 6 nitrogen and oxygen atoms in total. The molecule has 1 aromatic heterocycles. The normalized spacial score (nSPS) is 16.2. The van der Waals surface area contributed by atoms with Crippen molar-refractivity contribution in [2.24, 2.45) is 0 Å². The molecule has 0 aliphatic carbocycles. The Morgan fingerprint density at radius 1 is 1.19 bits per heavy atom. The molecule has 0 saturated heterocycles. The second kappa shape index (κ2) is 5.71. The van der Waals surface area contributed by atoms with E-state index in [9.17, 15) is 21.6 Å². The van der Waals surface area contributed by atoms with E-state index in [0.29, 0.717) is 16.6 Å². The Morgan fingerprint density at radius 3 is 2.73 bits per heavy atom. The van der Waals surface area contributed by atoms with Gasteiger partial charge in [0, 0.05) is 28.2 Å². The molecular weight excluding hydrogens is 397 g/mol. The SMILES string of the molecule is O=S(=O)(Nc1c(F)cc2c(c1F)OC(F)O2)c1c[nH]c2cc(Cl)ccc12. The zero-order valence-electron chi connectivity index (χ0n) is 12.5. The van der Waals surface area contributed by atoms with Crippen molar-refractivity contribution in [1.82, 2.24) is 4.98 Å². The Labute approximate surface area is 149 Å². The topological polar surface area (TPSA) is 80.4 Å². The molecule has 3 aromatic rings. The van der Waals surface area contributed by atoms with Gasteiger partial charge in [-0.05, 0) is 18.2 Å². The van der Waals surface area contributed by atoms with Crippen LogP contribution in [0.3, 0.4) is 0 Å². The summed E-state index contributed by atoms with van der Waals surface area (Å²) in [7, 11) is -4.38. The van der Waals surface area contributed by atoms with Gasteiger partial charge in [-0.2, -0.15) is 4.39 Å². The van der Waals surface area contributed by atoms with Crippen molar-refractivity contribution in [2.45, 2.75) is 11.4 Å². The molecule has 0 fully saturated rings. The van der Waals surface area contributed by atoms with Gasteiger partial charge >= 0.3 is 6.54 Å². The van der Waals surface area contributed by atoms with Crippen molar-refractivity contribution in [3.8, 4) is 11.5 Å². The van der Waals surface area contributed by atoms with Crippen molar-refractivity contribution in [2.75, 3.05) is 4.72 Å². The van der Waals surface area contributed by atoms with Crippen LogP contribution >= 0.6 is 11.6 Å². The molecule has 1 unspecified atom stereocenters. The number of fused-ring (bicyclic) bond motifs is 2. The Kier molecular flexibility index (Phi) is 3.70. The van der Waals surface area contributed by atoms with E-state index in [2.05, 4.69) is 14.5 Å². The first-order valence-electron chi connectivity index (χ1n) is 7.05. The molecule has 11 heteroatoms. The highest BCUT2D eigenvalue weighted by Crippen LogP contribution is 2.42. The lowest BCUT2D eigenvalue weighted by Gasteiger charge is -2.10. The summed E-state index contributed by atoms with van der Waals surface area (Å²) < 4.78 is 77.4. The monoisotopic (exact) mass is 404 g/mol. The van der Waals surface area contributed by atoms with E-state index in [1.807, 2.05) is 4.72 Å². The van der Waals surface area contributed by atoms with E-state index in [4.69, 9.17) is 11.6 Å². The van der Waals surface area contributed by atoms with Crippen molar-refractivity contribution in [3.63, 3.8) is 0 Å². The predicted octanol–water partition coefficient (Wildman–Crippen LogP) is 3.92. The zero-order valence-corrected chi connectivity index (χ0v) is 14.1. The first-order chi connectivity index (χ1) is 12.3. The van der Waals surface area contributed by atoms with Gasteiger partial charge in [0.25, 0.3) is 10.0 Å². The molecule has 4 rings (SSSR count). The van der Waals surface area contributed by atoms with Crippen LogP contribution in [0, 0.1) is 11.6 Å². The molecular formula is C15H8ClF3N2O4S. The molecule has 0 saturated carbocycles.